The standard InChI is InChI=1S/C27H24F3N5O4S3/c1-2-39-25(38)22-17-8-4-9-18(17)42-24(22)32-21(36)14-41-26-34-33-20(13-31-23(37)19-10-5-11-40-19)35(26)16-7-3-6-15(12-16)27(28,29)30/h3,5-7,10-12H,2,4,8-9,13-14H2,1H3,(H,31,37)(H,32,36). The first-order valence-electron chi connectivity index (χ1n) is 12.8. The first-order chi connectivity index (χ1) is 20.2. The second kappa shape index (κ2) is 12.7. The van der Waals surface area contributed by atoms with Gasteiger partial charge < -0.3 is 15.4 Å². The third-order valence-electron chi connectivity index (χ3n) is 6.27. The SMILES string of the molecule is CCOC(=O)c1c(NC(=O)CSc2nnc(CNC(=O)c3cccs3)n2-c2cccc(C(F)(F)F)c2)sc2c1CCC2. The van der Waals surface area contributed by atoms with Crippen LogP contribution in [0.4, 0.5) is 18.2 Å². The number of fused-ring (bicyclic) bond motifs is 1. The number of nitrogens with zero attached hydrogens (tertiary/aromatic N) is 3. The molecule has 0 saturated heterocycles. The molecule has 15 heteroatoms. The first kappa shape index (κ1) is 29.8. The molecule has 0 atom stereocenters. The van der Waals surface area contributed by atoms with Gasteiger partial charge in [-0.1, -0.05) is 23.9 Å². The van der Waals surface area contributed by atoms with E-state index in [1.165, 1.54) is 39.4 Å². The highest BCUT2D eigenvalue weighted by Gasteiger charge is 2.31. The maximum atomic E-state index is 13.5. The molecule has 1 aliphatic carbocycles. The lowest BCUT2D eigenvalue weighted by atomic mass is 10.1. The van der Waals surface area contributed by atoms with E-state index >= 15 is 0 Å². The third-order valence-corrected chi connectivity index (χ3v) is 9.28. The quantitative estimate of drug-likeness (QED) is 0.169. The van der Waals surface area contributed by atoms with Gasteiger partial charge in [-0.05, 0) is 61.4 Å². The topological polar surface area (TPSA) is 115 Å². The number of esters is 1. The lowest BCUT2D eigenvalue weighted by Gasteiger charge is -2.13. The minimum Gasteiger partial charge on any atom is -0.462 e. The fourth-order valence-corrected chi connectivity index (χ4v) is 7.15. The van der Waals surface area contributed by atoms with E-state index in [1.807, 2.05) is 0 Å². The Balaban J connectivity index is 1.37. The number of aromatic nitrogens is 3. The van der Waals surface area contributed by atoms with Crippen molar-refractivity contribution in [1.82, 2.24) is 20.1 Å². The summed E-state index contributed by atoms with van der Waals surface area (Å²) in [6.07, 6.45) is -2.10. The number of hydrogen-bond donors (Lipinski definition) is 2. The van der Waals surface area contributed by atoms with Crippen molar-refractivity contribution in [3.8, 4) is 5.69 Å². The summed E-state index contributed by atoms with van der Waals surface area (Å²) in [7, 11) is 0. The van der Waals surface area contributed by atoms with Gasteiger partial charge in [-0.25, -0.2) is 4.79 Å². The summed E-state index contributed by atoms with van der Waals surface area (Å²) in [5, 5.41) is 16.0. The molecule has 0 spiro atoms. The minimum atomic E-state index is -4.58. The second-order valence-electron chi connectivity index (χ2n) is 9.06. The number of nitrogens with one attached hydrogen (secondary N) is 2. The van der Waals surface area contributed by atoms with Crippen molar-refractivity contribution < 1.29 is 32.3 Å². The number of benzene rings is 1. The van der Waals surface area contributed by atoms with Crippen LogP contribution in [0.2, 0.25) is 0 Å². The zero-order valence-electron chi connectivity index (χ0n) is 22.1. The van der Waals surface area contributed by atoms with Crippen LogP contribution in [0.15, 0.2) is 46.9 Å². The van der Waals surface area contributed by atoms with Crippen LogP contribution in [0.3, 0.4) is 0 Å². The smallest absolute Gasteiger partial charge is 0.416 e. The molecular formula is C27H24F3N5O4S3. The molecule has 42 heavy (non-hydrogen) atoms. The molecule has 1 aromatic carbocycles. The van der Waals surface area contributed by atoms with Crippen LogP contribution in [0, 0.1) is 0 Å². The molecule has 1 aliphatic rings. The van der Waals surface area contributed by atoms with Crippen LogP contribution in [0.25, 0.3) is 5.69 Å². The number of rotatable bonds is 10. The van der Waals surface area contributed by atoms with E-state index in [1.54, 1.807) is 24.4 Å². The van der Waals surface area contributed by atoms with Crippen LogP contribution in [-0.4, -0.2) is 44.9 Å². The predicted molar refractivity (Wildman–Crippen MR) is 154 cm³/mol. The van der Waals surface area contributed by atoms with Crippen molar-refractivity contribution in [2.24, 2.45) is 0 Å². The van der Waals surface area contributed by atoms with Gasteiger partial charge in [0.05, 0.1) is 40.6 Å². The van der Waals surface area contributed by atoms with Gasteiger partial charge in [0.25, 0.3) is 5.91 Å². The van der Waals surface area contributed by atoms with Crippen LogP contribution >= 0.6 is 34.4 Å². The highest BCUT2D eigenvalue weighted by atomic mass is 32.2. The number of ether oxygens (including phenoxy) is 1. The van der Waals surface area contributed by atoms with E-state index in [2.05, 4.69) is 20.8 Å². The number of alkyl halides is 3. The van der Waals surface area contributed by atoms with E-state index in [0.717, 1.165) is 53.6 Å². The number of aryl methyl sites for hydroxylation is 1. The molecule has 0 bridgehead atoms. The number of anilines is 1. The minimum absolute atomic E-state index is 0.115. The van der Waals surface area contributed by atoms with Crippen molar-refractivity contribution >= 4 is 57.2 Å². The van der Waals surface area contributed by atoms with Crippen LogP contribution in [0.1, 0.15) is 55.2 Å². The summed E-state index contributed by atoms with van der Waals surface area (Å²) in [4.78, 5) is 39.6. The monoisotopic (exact) mass is 635 g/mol. The normalized spacial score (nSPS) is 12.7. The van der Waals surface area contributed by atoms with Gasteiger partial charge in [0.15, 0.2) is 11.0 Å². The Morgan fingerprint density at radius 3 is 2.71 bits per heavy atom. The summed E-state index contributed by atoms with van der Waals surface area (Å²) in [5.74, 6) is -1.27. The van der Waals surface area contributed by atoms with Crippen molar-refractivity contribution in [2.45, 2.75) is 44.1 Å². The lowest BCUT2D eigenvalue weighted by molar-refractivity contribution is -0.137. The number of hydrogen-bond acceptors (Lipinski definition) is 9. The summed E-state index contributed by atoms with van der Waals surface area (Å²) in [6, 6.07) is 8.01. The Morgan fingerprint density at radius 2 is 1.98 bits per heavy atom. The first-order valence-corrected chi connectivity index (χ1v) is 15.5. The van der Waals surface area contributed by atoms with Crippen molar-refractivity contribution in [1.29, 1.82) is 0 Å². The number of carbonyl (C=O) groups is 3. The molecule has 3 aromatic heterocycles. The summed E-state index contributed by atoms with van der Waals surface area (Å²) in [5.41, 5.74) is 0.536. The molecule has 0 radical (unpaired) electrons. The number of thiophene rings is 2. The Bertz CT molecular complexity index is 1620. The summed E-state index contributed by atoms with van der Waals surface area (Å²) >= 11 is 3.56. The Hall–Kier alpha value is -3.69. The van der Waals surface area contributed by atoms with E-state index in [0.29, 0.717) is 15.4 Å². The highest BCUT2D eigenvalue weighted by Crippen LogP contribution is 2.40. The second-order valence-corrected chi connectivity index (χ2v) is 12.1. The van der Waals surface area contributed by atoms with Crippen molar-refractivity contribution in [3.63, 3.8) is 0 Å². The largest absolute Gasteiger partial charge is 0.462 e. The number of carbonyl (C=O) groups excluding carboxylic acids is 3. The molecule has 0 fully saturated rings. The fraction of sp³-hybridized carbons (Fsp3) is 0.296. The number of halogens is 3. The van der Waals surface area contributed by atoms with Gasteiger partial charge in [-0.3, -0.25) is 14.2 Å². The Morgan fingerprint density at radius 1 is 1.14 bits per heavy atom. The van der Waals surface area contributed by atoms with E-state index < -0.39 is 23.6 Å². The molecule has 3 heterocycles. The maximum Gasteiger partial charge on any atom is 0.416 e. The maximum absolute atomic E-state index is 13.5. The van der Waals surface area contributed by atoms with Gasteiger partial charge in [-0.2, -0.15) is 13.2 Å². The summed E-state index contributed by atoms with van der Waals surface area (Å²) in [6.45, 7) is 1.80. The molecule has 0 saturated carbocycles. The number of thioether (sulfide) groups is 1. The molecule has 2 amide bonds. The van der Waals surface area contributed by atoms with Gasteiger partial charge >= 0.3 is 12.1 Å². The van der Waals surface area contributed by atoms with Gasteiger partial charge in [0, 0.05) is 4.88 Å². The fourth-order valence-electron chi connectivity index (χ4n) is 4.45. The van der Waals surface area contributed by atoms with E-state index in [9.17, 15) is 27.6 Å². The van der Waals surface area contributed by atoms with Gasteiger partial charge in [-0.15, -0.1) is 32.9 Å². The van der Waals surface area contributed by atoms with Gasteiger partial charge in [0.2, 0.25) is 5.91 Å². The average molecular weight is 636 g/mol. The van der Waals surface area contributed by atoms with Gasteiger partial charge in [0.1, 0.15) is 5.00 Å². The zero-order chi connectivity index (χ0) is 29.9. The van der Waals surface area contributed by atoms with Crippen molar-refractivity contribution in [2.75, 3.05) is 17.7 Å². The van der Waals surface area contributed by atoms with E-state index in [-0.39, 0.29) is 41.5 Å². The molecule has 0 unspecified atom stereocenters. The molecular weight excluding hydrogens is 612 g/mol. The van der Waals surface area contributed by atoms with Crippen LogP contribution in [0.5, 0.6) is 0 Å². The molecule has 0 aliphatic heterocycles. The molecule has 5 rings (SSSR count). The number of amides is 2. The van der Waals surface area contributed by atoms with Crippen LogP contribution in [-0.2, 0) is 35.1 Å². The zero-order valence-corrected chi connectivity index (χ0v) is 24.6. The summed E-state index contributed by atoms with van der Waals surface area (Å²) < 4.78 is 47.1. The van der Waals surface area contributed by atoms with Crippen LogP contribution < -0.4 is 10.6 Å². The Labute approximate surface area is 250 Å². The molecule has 2 N–H and O–H groups in total. The predicted octanol–water partition coefficient (Wildman–Crippen LogP) is 5.74. The lowest BCUT2D eigenvalue weighted by Crippen LogP contribution is -2.24. The molecule has 220 valence electrons. The Kier molecular flexibility index (Phi) is 8.99. The van der Waals surface area contributed by atoms with Crippen molar-refractivity contribution in [3.05, 3.63) is 74.0 Å². The van der Waals surface area contributed by atoms with E-state index in [4.69, 9.17) is 4.74 Å². The highest BCUT2D eigenvalue weighted by molar-refractivity contribution is 7.99. The average Bonchev–Trinajstić information content (AvgIpc) is 3.75. The molecule has 9 nitrogen and oxygen atoms in total. The third kappa shape index (κ3) is 6.52. The molecule has 4 aromatic rings.